The number of hydrogen-bond donors (Lipinski definition) is 2. The van der Waals surface area contributed by atoms with E-state index in [0.717, 1.165) is 15.4 Å². The maximum Gasteiger partial charge on any atom is 0.264 e. The molecule has 11 heteroatoms. The molecule has 0 saturated carbocycles. The van der Waals surface area contributed by atoms with E-state index < -0.39 is 32.5 Å². The van der Waals surface area contributed by atoms with Gasteiger partial charge in [-0.3, -0.25) is 13.8 Å². The molecule has 8 nitrogen and oxygen atoms in total. The molecule has 208 valence electrons. The molecule has 40 heavy (non-hydrogen) atoms. The summed E-state index contributed by atoms with van der Waals surface area (Å²) in [7, 11) is -7.99. The maximum atomic E-state index is 13.6. The molecule has 2 N–H and O–H groups in total. The average Bonchev–Trinajstić information content (AvgIpc) is 2.90. The molecule has 4 aromatic carbocycles. The molecule has 0 aliphatic carbocycles. The molecule has 0 aliphatic heterocycles. The van der Waals surface area contributed by atoms with Crippen molar-refractivity contribution in [2.24, 2.45) is 0 Å². The van der Waals surface area contributed by atoms with E-state index in [4.69, 9.17) is 11.6 Å². The highest BCUT2D eigenvalue weighted by Crippen LogP contribution is 2.28. The first-order chi connectivity index (χ1) is 18.9. The molecular formula is C29H28ClN3O5S2. The molecule has 4 aromatic rings. The van der Waals surface area contributed by atoms with Gasteiger partial charge in [0, 0.05) is 10.7 Å². The van der Waals surface area contributed by atoms with Crippen molar-refractivity contribution >= 4 is 54.6 Å². The third-order valence-electron chi connectivity index (χ3n) is 6.16. The van der Waals surface area contributed by atoms with E-state index >= 15 is 0 Å². The van der Waals surface area contributed by atoms with Gasteiger partial charge in [-0.25, -0.2) is 16.8 Å². The first-order valence-corrected chi connectivity index (χ1v) is 15.5. The third-order valence-corrected chi connectivity index (χ3v) is 9.57. The van der Waals surface area contributed by atoms with E-state index in [1.54, 1.807) is 37.3 Å². The molecule has 0 atom stereocenters. The van der Waals surface area contributed by atoms with Crippen LogP contribution in [-0.2, 0) is 24.8 Å². The van der Waals surface area contributed by atoms with Crippen LogP contribution in [0.4, 0.5) is 17.1 Å². The Labute approximate surface area is 239 Å². The average molecular weight is 598 g/mol. The highest BCUT2D eigenvalue weighted by molar-refractivity contribution is 7.93. The number of halogens is 1. The van der Waals surface area contributed by atoms with Gasteiger partial charge < -0.3 is 5.32 Å². The molecule has 0 radical (unpaired) electrons. The lowest BCUT2D eigenvalue weighted by Gasteiger charge is -2.25. The zero-order valence-electron chi connectivity index (χ0n) is 22.1. The highest BCUT2D eigenvalue weighted by Gasteiger charge is 2.28. The fraction of sp³-hybridized carbons (Fsp3) is 0.138. The van der Waals surface area contributed by atoms with Crippen LogP contribution in [0.2, 0.25) is 5.02 Å². The fourth-order valence-electron chi connectivity index (χ4n) is 3.97. The lowest BCUT2D eigenvalue weighted by Crippen LogP contribution is -2.38. The SMILES string of the molecule is Cc1ccc(C)c(NS(=O)(=O)c2ccc(NC(=O)CN(c3ccccc3C)S(=O)(=O)c3ccc(Cl)cc3)cc2)c1. The number of aryl methyl sites for hydroxylation is 3. The van der Waals surface area contributed by atoms with Crippen molar-refractivity contribution in [3.8, 4) is 0 Å². The summed E-state index contributed by atoms with van der Waals surface area (Å²) in [6.07, 6.45) is 0. The topological polar surface area (TPSA) is 113 Å². The number of carbonyl (C=O) groups excluding carboxylic acids is 1. The van der Waals surface area contributed by atoms with Gasteiger partial charge in [0.1, 0.15) is 6.54 Å². The number of benzene rings is 4. The van der Waals surface area contributed by atoms with Crippen molar-refractivity contribution in [3.63, 3.8) is 0 Å². The fourth-order valence-corrected chi connectivity index (χ4v) is 6.71. The molecule has 0 spiro atoms. The molecule has 0 saturated heterocycles. The Morgan fingerprint density at radius 1 is 0.775 bits per heavy atom. The van der Waals surface area contributed by atoms with E-state index in [-0.39, 0.29) is 9.79 Å². The standard InChI is InChI=1S/C29H28ClN3O5S2/c1-20-8-9-21(2)27(18-20)32-39(35,36)25-16-12-24(13-17-25)31-29(34)19-33(28-7-5-4-6-22(28)3)40(37,38)26-14-10-23(30)11-15-26/h4-18,32H,19H2,1-3H3,(H,31,34). The van der Waals surface area contributed by atoms with Gasteiger partial charge in [0.05, 0.1) is 21.2 Å². The van der Waals surface area contributed by atoms with Crippen molar-refractivity contribution < 1.29 is 21.6 Å². The smallest absolute Gasteiger partial charge is 0.264 e. The molecule has 0 aromatic heterocycles. The summed E-state index contributed by atoms with van der Waals surface area (Å²) < 4.78 is 56.6. The summed E-state index contributed by atoms with van der Waals surface area (Å²) in [6, 6.07) is 23.6. The van der Waals surface area contributed by atoms with E-state index in [1.807, 2.05) is 26.0 Å². The van der Waals surface area contributed by atoms with Gasteiger partial charge in [-0.2, -0.15) is 0 Å². The number of sulfonamides is 2. The Kier molecular flexibility index (Phi) is 8.53. The van der Waals surface area contributed by atoms with E-state index in [1.165, 1.54) is 48.5 Å². The van der Waals surface area contributed by atoms with Crippen molar-refractivity contribution in [2.75, 3.05) is 20.9 Å². The van der Waals surface area contributed by atoms with E-state index in [0.29, 0.717) is 27.6 Å². The lowest BCUT2D eigenvalue weighted by atomic mass is 10.1. The molecular weight excluding hydrogens is 570 g/mol. The first kappa shape index (κ1) is 29.1. The van der Waals surface area contributed by atoms with Crippen LogP contribution < -0.4 is 14.3 Å². The van der Waals surface area contributed by atoms with Gasteiger partial charge in [0.2, 0.25) is 5.91 Å². The van der Waals surface area contributed by atoms with Crippen LogP contribution in [0.1, 0.15) is 16.7 Å². The summed E-state index contributed by atoms with van der Waals surface area (Å²) >= 11 is 5.94. The lowest BCUT2D eigenvalue weighted by molar-refractivity contribution is -0.114. The second-order valence-electron chi connectivity index (χ2n) is 9.25. The normalized spacial score (nSPS) is 11.6. The number of carbonyl (C=O) groups is 1. The van der Waals surface area contributed by atoms with Gasteiger partial charge in [-0.15, -0.1) is 0 Å². The van der Waals surface area contributed by atoms with Crippen LogP contribution in [0.15, 0.2) is 101 Å². The zero-order valence-corrected chi connectivity index (χ0v) is 24.4. The third kappa shape index (κ3) is 6.64. The summed E-state index contributed by atoms with van der Waals surface area (Å²) in [5.41, 5.74) is 3.51. The predicted octanol–water partition coefficient (Wildman–Crippen LogP) is 5.90. The van der Waals surface area contributed by atoms with Crippen LogP contribution in [0, 0.1) is 20.8 Å². The second kappa shape index (κ2) is 11.7. The molecule has 0 aliphatic rings. The molecule has 0 fully saturated rings. The summed E-state index contributed by atoms with van der Waals surface area (Å²) in [5, 5.41) is 3.04. The Morgan fingerprint density at radius 2 is 1.40 bits per heavy atom. The predicted molar refractivity (Wildman–Crippen MR) is 159 cm³/mol. The molecule has 0 unspecified atom stereocenters. The Hall–Kier alpha value is -3.86. The number of hydrogen-bond acceptors (Lipinski definition) is 5. The van der Waals surface area contributed by atoms with Gasteiger partial charge in [0.15, 0.2) is 0 Å². The number of rotatable bonds is 9. The number of para-hydroxylation sites is 1. The minimum atomic E-state index is -4.12. The summed E-state index contributed by atoms with van der Waals surface area (Å²) in [5.74, 6) is -0.607. The van der Waals surface area contributed by atoms with Crippen LogP contribution in [0.25, 0.3) is 0 Å². The number of nitrogens with zero attached hydrogens (tertiary/aromatic N) is 1. The van der Waals surface area contributed by atoms with Crippen LogP contribution >= 0.6 is 11.6 Å². The maximum absolute atomic E-state index is 13.6. The van der Waals surface area contributed by atoms with Gasteiger partial charge in [0.25, 0.3) is 20.0 Å². The molecule has 0 heterocycles. The van der Waals surface area contributed by atoms with Crippen molar-refractivity contribution in [2.45, 2.75) is 30.6 Å². The first-order valence-electron chi connectivity index (χ1n) is 12.2. The van der Waals surface area contributed by atoms with E-state index in [9.17, 15) is 21.6 Å². The largest absolute Gasteiger partial charge is 0.325 e. The zero-order chi connectivity index (χ0) is 29.1. The Morgan fingerprint density at radius 3 is 2.05 bits per heavy atom. The van der Waals surface area contributed by atoms with Crippen LogP contribution in [0.5, 0.6) is 0 Å². The van der Waals surface area contributed by atoms with Gasteiger partial charge >= 0.3 is 0 Å². The van der Waals surface area contributed by atoms with Crippen LogP contribution in [0.3, 0.4) is 0 Å². The number of nitrogens with one attached hydrogen (secondary N) is 2. The van der Waals surface area contributed by atoms with E-state index in [2.05, 4.69) is 10.0 Å². The molecule has 1 amide bonds. The minimum Gasteiger partial charge on any atom is -0.325 e. The van der Waals surface area contributed by atoms with Gasteiger partial charge in [-0.05, 0) is 98.1 Å². The summed E-state index contributed by atoms with van der Waals surface area (Å²) in [4.78, 5) is 13.1. The molecule has 0 bridgehead atoms. The highest BCUT2D eigenvalue weighted by atomic mass is 35.5. The quantitative estimate of drug-likeness (QED) is 0.249. The van der Waals surface area contributed by atoms with Gasteiger partial charge in [-0.1, -0.05) is 41.9 Å². The second-order valence-corrected chi connectivity index (χ2v) is 13.2. The number of amides is 1. The van der Waals surface area contributed by atoms with Crippen molar-refractivity contribution in [3.05, 3.63) is 113 Å². The summed E-state index contributed by atoms with van der Waals surface area (Å²) in [6.45, 7) is 4.92. The van der Waals surface area contributed by atoms with Crippen LogP contribution in [-0.4, -0.2) is 29.3 Å². The molecule has 4 rings (SSSR count). The van der Waals surface area contributed by atoms with Crippen molar-refractivity contribution in [1.29, 1.82) is 0 Å². The van der Waals surface area contributed by atoms with Crippen molar-refractivity contribution in [1.82, 2.24) is 0 Å². The minimum absolute atomic E-state index is 0.0123. The number of anilines is 3. The Balaban J connectivity index is 1.54. The Bertz CT molecular complexity index is 1760. The monoisotopic (exact) mass is 597 g/mol.